The first kappa shape index (κ1) is 14.9. The summed E-state index contributed by atoms with van der Waals surface area (Å²) < 4.78 is 20.8. The van der Waals surface area contributed by atoms with Gasteiger partial charge in [0.15, 0.2) is 17.4 Å². The molecule has 0 amide bonds. The van der Waals surface area contributed by atoms with Crippen molar-refractivity contribution in [3.05, 3.63) is 47.8 Å². The molecule has 124 valence electrons. The van der Waals surface area contributed by atoms with Crippen molar-refractivity contribution in [2.75, 3.05) is 19.1 Å². The zero-order chi connectivity index (χ0) is 16.7. The molecule has 4 rings (SSSR count). The molecule has 0 bridgehead atoms. The molecule has 2 heterocycles. The quantitative estimate of drug-likeness (QED) is 0.721. The van der Waals surface area contributed by atoms with Crippen molar-refractivity contribution in [2.24, 2.45) is 0 Å². The van der Waals surface area contributed by atoms with E-state index in [1.54, 1.807) is 12.3 Å². The van der Waals surface area contributed by atoms with E-state index in [1.807, 2.05) is 28.6 Å². The third kappa shape index (κ3) is 2.55. The number of methoxy groups -OCH3 is 1. The highest BCUT2D eigenvalue weighted by Gasteiger charge is 2.29. The molecule has 1 fully saturated rings. The Bertz CT molecular complexity index is 890. The molecule has 3 aromatic rings. The van der Waals surface area contributed by atoms with Gasteiger partial charge in [0.1, 0.15) is 5.82 Å². The minimum atomic E-state index is -0.368. The van der Waals surface area contributed by atoms with Crippen LogP contribution in [0.1, 0.15) is 30.1 Å². The minimum Gasteiger partial charge on any atom is -0.494 e. The number of ether oxygens (including phenoxy) is 1. The highest BCUT2D eigenvalue weighted by Crippen LogP contribution is 2.39. The molecule has 0 spiro atoms. The minimum absolute atomic E-state index is 0.244. The molecule has 0 unspecified atom stereocenters. The van der Waals surface area contributed by atoms with E-state index in [4.69, 9.17) is 4.74 Å². The predicted molar refractivity (Wildman–Crippen MR) is 87.8 cm³/mol. The molecule has 0 saturated heterocycles. The topological polar surface area (TPSA) is 55.5 Å². The first-order valence-corrected chi connectivity index (χ1v) is 7.90. The van der Waals surface area contributed by atoms with Crippen LogP contribution >= 0.6 is 0 Å². The van der Waals surface area contributed by atoms with Crippen molar-refractivity contribution in [1.82, 2.24) is 19.6 Å². The predicted octanol–water partition coefficient (Wildman–Crippen LogP) is 2.79. The molecule has 1 saturated carbocycles. The van der Waals surface area contributed by atoms with Gasteiger partial charge in [0.25, 0.3) is 0 Å². The zero-order valence-corrected chi connectivity index (χ0v) is 13.6. The molecular formula is C17H18FN5O. The van der Waals surface area contributed by atoms with E-state index in [1.165, 1.54) is 26.0 Å². The maximum absolute atomic E-state index is 13.9. The second-order valence-electron chi connectivity index (χ2n) is 6.10. The van der Waals surface area contributed by atoms with Crippen LogP contribution in [0.5, 0.6) is 5.75 Å². The average Bonchev–Trinajstić information content (AvgIpc) is 3.33. The number of hydrogen-bond acceptors (Lipinski definition) is 5. The van der Waals surface area contributed by atoms with Gasteiger partial charge in [-0.3, -0.25) is 4.40 Å². The van der Waals surface area contributed by atoms with Gasteiger partial charge >= 0.3 is 0 Å². The third-order valence-corrected chi connectivity index (χ3v) is 4.27. The van der Waals surface area contributed by atoms with Crippen molar-refractivity contribution in [1.29, 1.82) is 0 Å². The van der Waals surface area contributed by atoms with Gasteiger partial charge in [-0.05, 0) is 30.5 Å². The summed E-state index contributed by atoms with van der Waals surface area (Å²) in [6.45, 7) is 0.513. The molecular weight excluding hydrogens is 309 g/mol. The van der Waals surface area contributed by atoms with Crippen molar-refractivity contribution in [3.8, 4) is 5.75 Å². The van der Waals surface area contributed by atoms with Crippen LogP contribution in [0.15, 0.2) is 30.6 Å². The van der Waals surface area contributed by atoms with E-state index in [2.05, 4.69) is 15.2 Å². The molecule has 1 aliphatic rings. The van der Waals surface area contributed by atoms with Gasteiger partial charge in [0.05, 0.1) is 7.11 Å². The largest absolute Gasteiger partial charge is 0.494 e. The number of hydrogen-bond donors (Lipinski definition) is 0. The van der Waals surface area contributed by atoms with Crippen LogP contribution in [-0.2, 0) is 6.54 Å². The number of nitrogens with zero attached hydrogens (tertiary/aromatic N) is 5. The summed E-state index contributed by atoms with van der Waals surface area (Å²) in [5, 5.41) is 8.62. The SMILES string of the molecule is COc1ccc(CN(C)c2nccn3c(C4CC4)nnc23)cc1F. The second kappa shape index (κ2) is 5.74. The monoisotopic (exact) mass is 327 g/mol. The van der Waals surface area contributed by atoms with Gasteiger partial charge in [0, 0.05) is 31.9 Å². The molecule has 0 radical (unpaired) electrons. The molecule has 7 heteroatoms. The molecule has 24 heavy (non-hydrogen) atoms. The fourth-order valence-electron chi connectivity index (χ4n) is 2.88. The molecule has 0 N–H and O–H groups in total. The van der Waals surface area contributed by atoms with E-state index in [9.17, 15) is 4.39 Å². The number of aromatic nitrogens is 4. The first-order valence-electron chi connectivity index (χ1n) is 7.90. The molecule has 1 aromatic carbocycles. The Morgan fingerprint density at radius 1 is 1.33 bits per heavy atom. The maximum Gasteiger partial charge on any atom is 0.203 e. The van der Waals surface area contributed by atoms with Crippen LogP contribution in [0.25, 0.3) is 5.65 Å². The van der Waals surface area contributed by atoms with Crippen LogP contribution < -0.4 is 9.64 Å². The van der Waals surface area contributed by atoms with Gasteiger partial charge in [-0.2, -0.15) is 0 Å². The van der Waals surface area contributed by atoms with Gasteiger partial charge in [-0.15, -0.1) is 10.2 Å². The van der Waals surface area contributed by atoms with Gasteiger partial charge in [0.2, 0.25) is 5.65 Å². The lowest BCUT2D eigenvalue weighted by molar-refractivity contribution is 0.386. The highest BCUT2D eigenvalue weighted by molar-refractivity contribution is 5.63. The number of fused-ring (bicyclic) bond motifs is 1. The maximum atomic E-state index is 13.9. The summed E-state index contributed by atoms with van der Waals surface area (Å²) in [7, 11) is 3.37. The van der Waals surface area contributed by atoms with E-state index < -0.39 is 0 Å². The van der Waals surface area contributed by atoms with Gasteiger partial charge < -0.3 is 9.64 Å². The Labute approximate surface area is 138 Å². The van der Waals surface area contributed by atoms with Gasteiger partial charge in [-0.1, -0.05) is 6.07 Å². The summed E-state index contributed by atoms with van der Waals surface area (Å²) in [5.41, 5.74) is 1.57. The summed E-state index contributed by atoms with van der Waals surface area (Å²) in [6, 6.07) is 4.96. The van der Waals surface area contributed by atoms with Crippen molar-refractivity contribution >= 4 is 11.5 Å². The Balaban J connectivity index is 1.63. The molecule has 2 aromatic heterocycles. The summed E-state index contributed by atoms with van der Waals surface area (Å²) in [5.74, 6) is 2.11. The average molecular weight is 327 g/mol. The van der Waals surface area contributed by atoms with E-state index in [-0.39, 0.29) is 11.6 Å². The van der Waals surface area contributed by atoms with Crippen molar-refractivity contribution < 1.29 is 9.13 Å². The molecule has 6 nitrogen and oxygen atoms in total. The molecule has 0 aliphatic heterocycles. The fraction of sp³-hybridized carbons (Fsp3) is 0.353. The second-order valence-corrected chi connectivity index (χ2v) is 6.10. The van der Waals surface area contributed by atoms with Crippen LogP contribution in [0.4, 0.5) is 10.2 Å². The Kier molecular flexibility index (Phi) is 3.55. The van der Waals surface area contributed by atoms with E-state index in [0.29, 0.717) is 12.5 Å². The lowest BCUT2D eigenvalue weighted by Gasteiger charge is -2.18. The van der Waals surface area contributed by atoms with Crippen molar-refractivity contribution in [3.63, 3.8) is 0 Å². The standard InChI is InChI=1S/C17H18FN5O/c1-22(10-11-3-6-14(24-2)13(18)9-11)16-17-21-20-15(12-4-5-12)23(17)8-7-19-16/h3,6-9,12H,4-5,10H2,1-2H3. The lowest BCUT2D eigenvalue weighted by Crippen LogP contribution is -2.19. The number of rotatable bonds is 5. The summed E-state index contributed by atoms with van der Waals surface area (Å²) in [4.78, 5) is 6.38. The summed E-state index contributed by atoms with van der Waals surface area (Å²) >= 11 is 0. The highest BCUT2D eigenvalue weighted by atomic mass is 19.1. The Hall–Kier alpha value is -2.70. The smallest absolute Gasteiger partial charge is 0.203 e. The van der Waals surface area contributed by atoms with Crippen LogP contribution in [0, 0.1) is 5.82 Å². The third-order valence-electron chi connectivity index (χ3n) is 4.27. The normalized spacial score (nSPS) is 14.1. The van der Waals surface area contributed by atoms with Crippen molar-refractivity contribution in [2.45, 2.75) is 25.3 Å². The molecule has 1 aliphatic carbocycles. The van der Waals surface area contributed by atoms with E-state index >= 15 is 0 Å². The van der Waals surface area contributed by atoms with Crippen LogP contribution in [0.2, 0.25) is 0 Å². The Morgan fingerprint density at radius 3 is 2.88 bits per heavy atom. The zero-order valence-electron chi connectivity index (χ0n) is 13.6. The summed E-state index contributed by atoms with van der Waals surface area (Å²) in [6.07, 6.45) is 5.98. The molecule has 0 atom stereocenters. The Morgan fingerprint density at radius 2 is 2.17 bits per heavy atom. The van der Waals surface area contributed by atoms with E-state index in [0.717, 1.165) is 22.9 Å². The van der Waals surface area contributed by atoms with Crippen LogP contribution in [-0.4, -0.2) is 33.7 Å². The number of halogens is 1. The van der Waals surface area contributed by atoms with Crippen LogP contribution in [0.3, 0.4) is 0 Å². The first-order chi connectivity index (χ1) is 11.7. The fourth-order valence-corrected chi connectivity index (χ4v) is 2.88. The number of benzene rings is 1. The lowest BCUT2D eigenvalue weighted by atomic mass is 10.2. The van der Waals surface area contributed by atoms with Gasteiger partial charge in [-0.25, -0.2) is 9.37 Å². The number of anilines is 1.